The highest BCUT2D eigenvalue weighted by molar-refractivity contribution is 5.63. The van der Waals surface area contributed by atoms with Crippen molar-refractivity contribution in [3.63, 3.8) is 0 Å². The molecule has 0 amide bonds. The monoisotopic (exact) mass is 310 g/mol. The molecule has 0 radical (unpaired) electrons. The SMILES string of the molecule is Cc1ncc(-n2nc(-c3cnn(C)c3)c3c2CCOCC3)cn1. The Bertz CT molecular complexity index is 833. The van der Waals surface area contributed by atoms with E-state index in [-0.39, 0.29) is 0 Å². The molecule has 0 N–H and O–H groups in total. The molecular weight excluding hydrogens is 292 g/mol. The molecule has 3 aromatic rings. The highest BCUT2D eigenvalue weighted by Gasteiger charge is 2.22. The van der Waals surface area contributed by atoms with Crippen molar-refractivity contribution >= 4 is 0 Å². The lowest BCUT2D eigenvalue weighted by Crippen LogP contribution is -2.06. The van der Waals surface area contributed by atoms with E-state index in [1.165, 1.54) is 11.3 Å². The first-order chi connectivity index (χ1) is 11.2. The van der Waals surface area contributed by atoms with E-state index in [0.29, 0.717) is 6.61 Å². The number of aromatic nitrogens is 6. The highest BCUT2D eigenvalue weighted by atomic mass is 16.5. The number of nitrogens with zero attached hydrogens (tertiary/aromatic N) is 6. The molecule has 4 heterocycles. The fourth-order valence-electron chi connectivity index (χ4n) is 2.93. The Labute approximate surface area is 133 Å². The van der Waals surface area contributed by atoms with Gasteiger partial charge in [-0.2, -0.15) is 10.2 Å². The standard InChI is InChI=1S/C16H18N6O/c1-11-17-8-13(9-18-11)22-15-4-6-23-5-3-14(15)16(20-22)12-7-19-21(2)10-12/h7-10H,3-6H2,1-2H3. The zero-order valence-corrected chi connectivity index (χ0v) is 13.2. The molecule has 0 fully saturated rings. The Balaban J connectivity index is 1.89. The second-order valence-electron chi connectivity index (χ2n) is 5.69. The molecule has 0 saturated heterocycles. The lowest BCUT2D eigenvalue weighted by molar-refractivity contribution is 0.145. The van der Waals surface area contributed by atoms with Crippen LogP contribution in [0.3, 0.4) is 0 Å². The molecule has 0 unspecified atom stereocenters. The molecule has 3 aromatic heterocycles. The summed E-state index contributed by atoms with van der Waals surface area (Å²) < 4.78 is 9.39. The zero-order valence-electron chi connectivity index (χ0n) is 13.2. The molecule has 7 heteroatoms. The van der Waals surface area contributed by atoms with Crippen LogP contribution in [0.2, 0.25) is 0 Å². The maximum Gasteiger partial charge on any atom is 0.125 e. The van der Waals surface area contributed by atoms with Crippen LogP contribution in [0.4, 0.5) is 0 Å². The summed E-state index contributed by atoms with van der Waals surface area (Å²) in [5.41, 5.74) is 5.28. The number of rotatable bonds is 2. The van der Waals surface area contributed by atoms with Gasteiger partial charge in [-0.05, 0) is 13.3 Å². The summed E-state index contributed by atoms with van der Waals surface area (Å²) in [6.45, 7) is 3.30. The molecule has 4 rings (SSSR count). The Morgan fingerprint density at radius 3 is 2.61 bits per heavy atom. The second kappa shape index (κ2) is 5.58. The molecule has 0 aromatic carbocycles. The number of fused-ring (bicyclic) bond motifs is 1. The maximum absolute atomic E-state index is 5.65. The smallest absolute Gasteiger partial charge is 0.125 e. The first kappa shape index (κ1) is 14.1. The Kier molecular flexibility index (Phi) is 3.42. The third kappa shape index (κ3) is 2.53. The summed E-state index contributed by atoms with van der Waals surface area (Å²) >= 11 is 0. The van der Waals surface area contributed by atoms with E-state index in [0.717, 1.165) is 42.2 Å². The molecular formula is C16H18N6O. The van der Waals surface area contributed by atoms with E-state index in [1.54, 1.807) is 4.68 Å². The third-order valence-electron chi connectivity index (χ3n) is 4.06. The molecule has 118 valence electrons. The van der Waals surface area contributed by atoms with Gasteiger partial charge in [0.1, 0.15) is 11.5 Å². The van der Waals surface area contributed by atoms with Crippen LogP contribution in [0.25, 0.3) is 16.9 Å². The van der Waals surface area contributed by atoms with E-state index in [4.69, 9.17) is 9.84 Å². The zero-order chi connectivity index (χ0) is 15.8. The lowest BCUT2D eigenvalue weighted by atomic mass is 10.1. The summed E-state index contributed by atoms with van der Waals surface area (Å²) in [6, 6.07) is 0. The Hall–Kier alpha value is -2.54. The van der Waals surface area contributed by atoms with Crippen molar-refractivity contribution in [3.8, 4) is 16.9 Å². The van der Waals surface area contributed by atoms with Crippen LogP contribution in [0.1, 0.15) is 17.1 Å². The van der Waals surface area contributed by atoms with Gasteiger partial charge in [-0.3, -0.25) is 4.68 Å². The maximum atomic E-state index is 5.65. The first-order valence-corrected chi connectivity index (χ1v) is 7.69. The van der Waals surface area contributed by atoms with Crippen molar-refractivity contribution < 1.29 is 4.74 Å². The fraction of sp³-hybridized carbons (Fsp3) is 0.375. The summed E-state index contributed by atoms with van der Waals surface area (Å²) in [7, 11) is 1.91. The van der Waals surface area contributed by atoms with E-state index in [1.807, 2.05) is 43.4 Å². The van der Waals surface area contributed by atoms with Gasteiger partial charge in [0.25, 0.3) is 0 Å². The molecule has 0 saturated carbocycles. The predicted molar refractivity (Wildman–Crippen MR) is 84.3 cm³/mol. The average molecular weight is 310 g/mol. The minimum atomic E-state index is 0.706. The van der Waals surface area contributed by atoms with Crippen molar-refractivity contribution in [1.82, 2.24) is 29.5 Å². The molecule has 0 atom stereocenters. The normalized spacial score (nSPS) is 14.5. The molecule has 0 aliphatic carbocycles. The van der Waals surface area contributed by atoms with Crippen molar-refractivity contribution in [2.75, 3.05) is 13.2 Å². The van der Waals surface area contributed by atoms with Crippen LogP contribution in [-0.2, 0) is 24.6 Å². The summed E-state index contributed by atoms with van der Waals surface area (Å²) in [6.07, 6.45) is 9.15. The van der Waals surface area contributed by atoms with Crippen molar-refractivity contribution in [2.24, 2.45) is 7.05 Å². The average Bonchev–Trinajstić information content (AvgIpc) is 3.04. The summed E-state index contributed by atoms with van der Waals surface area (Å²) in [5, 5.41) is 9.12. The van der Waals surface area contributed by atoms with E-state index < -0.39 is 0 Å². The topological polar surface area (TPSA) is 70.7 Å². The van der Waals surface area contributed by atoms with Crippen LogP contribution >= 0.6 is 0 Å². The molecule has 1 aliphatic rings. The van der Waals surface area contributed by atoms with Crippen LogP contribution in [-0.4, -0.2) is 42.7 Å². The van der Waals surface area contributed by atoms with Gasteiger partial charge in [0, 0.05) is 30.8 Å². The first-order valence-electron chi connectivity index (χ1n) is 7.69. The Morgan fingerprint density at radius 1 is 1.09 bits per heavy atom. The van der Waals surface area contributed by atoms with Gasteiger partial charge in [0.15, 0.2) is 0 Å². The molecule has 0 bridgehead atoms. The number of hydrogen-bond donors (Lipinski definition) is 0. The largest absolute Gasteiger partial charge is 0.381 e. The van der Waals surface area contributed by atoms with Gasteiger partial charge in [-0.15, -0.1) is 0 Å². The van der Waals surface area contributed by atoms with Gasteiger partial charge in [-0.1, -0.05) is 0 Å². The minimum absolute atomic E-state index is 0.706. The minimum Gasteiger partial charge on any atom is -0.381 e. The molecule has 0 spiro atoms. The van der Waals surface area contributed by atoms with Crippen molar-refractivity contribution in [1.29, 1.82) is 0 Å². The van der Waals surface area contributed by atoms with Gasteiger partial charge >= 0.3 is 0 Å². The van der Waals surface area contributed by atoms with Crippen LogP contribution in [0, 0.1) is 6.92 Å². The highest BCUT2D eigenvalue weighted by Crippen LogP contribution is 2.29. The number of aryl methyl sites for hydroxylation is 2. The van der Waals surface area contributed by atoms with Crippen molar-refractivity contribution in [2.45, 2.75) is 19.8 Å². The third-order valence-corrected chi connectivity index (χ3v) is 4.06. The van der Waals surface area contributed by atoms with Crippen molar-refractivity contribution in [3.05, 3.63) is 41.9 Å². The number of ether oxygens (including phenoxy) is 1. The van der Waals surface area contributed by atoms with Crippen LogP contribution in [0.15, 0.2) is 24.8 Å². The summed E-state index contributed by atoms with van der Waals surface area (Å²) in [4.78, 5) is 8.59. The summed E-state index contributed by atoms with van der Waals surface area (Å²) in [5.74, 6) is 0.753. The van der Waals surface area contributed by atoms with Gasteiger partial charge < -0.3 is 4.74 Å². The van der Waals surface area contributed by atoms with Crippen LogP contribution in [0.5, 0.6) is 0 Å². The molecule has 7 nitrogen and oxygen atoms in total. The van der Waals surface area contributed by atoms with Gasteiger partial charge in [-0.25, -0.2) is 14.6 Å². The van der Waals surface area contributed by atoms with E-state index >= 15 is 0 Å². The van der Waals surface area contributed by atoms with Gasteiger partial charge in [0.2, 0.25) is 0 Å². The fourth-order valence-corrected chi connectivity index (χ4v) is 2.93. The lowest BCUT2D eigenvalue weighted by Gasteiger charge is -2.06. The molecule has 23 heavy (non-hydrogen) atoms. The predicted octanol–water partition coefficient (Wildman–Crippen LogP) is 1.49. The van der Waals surface area contributed by atoms with Gasteiger partial charge in [0.05, 0.1) is 43.2 Å². The molecule has 1 aliphatic heterocycles. The number of hydrogen-bond acceptors (Lipinski definition) is 5. The quantitative estimate of drug-likeness (QED) is 0.717. The Morgan fingerprint density at radius 2 is 1.87 bits per heavy atom. The second-order valence-corrected chi connectivity index (χ2v) is 5.69. The van der Waals surface area contributed by atoms with Crippen LogP contribution < -0.4 is 0 Å². The van der Waals surface area contributed by atoms with E-state index in [2.05, 4.69) is 15.1 Å². The van der Waals surface area contributed by atoms with E-state index in [9.17, 15) is 0 Å².